The third-order valence-corrected chi connectivity index (χ3v) is 27.7. The van der Waals surface area contributed by atoms with E-state index in [-0.39, 0.29) is 0 Å². The summed E-state index contributed by atoms with van der Waals surface area (Å²) in [5.74, 6) is 2.63. The summed E-state index contributed by atoms with van der Waals surface area (Å²) in [6, 6.07) is 159. The van der Waals surface area contributed by atoms with Crippen LogP contribution in [-0.2, 0) is 0 Å². The number of aromatic nitrogens is 14. The van der Waals surface area contributed by atoms with E-state index in [1.165, 1.54) is 38.4 Å². The normalized spacial score (nSPS) is 11.8. The first kappa shape index (κ1) is 91.0. The van der Waals surface area contributed by atoms with Crippen LogP contribution in [0.3, 0.4) is 0 Å². The van der Waals surface area contributed by atoms with Gasteiger partial charge in [0, 0.05) is 148 Å². The van der Waals surface area contributed by atoms with Crippen molar-refractivity contribution in [3.63, 3.8) is 0 Å². The Morgan fingerprint density at radius 2 is 0.433 bits per heavy atom. The molecule has 0 fully saturated rings. The van der Waals surface area contributed by atoms with Crippen molar-refractivity contribution in [1.29, 1.82) is 0 Å². The van der Waals surface area contributed by atoms with Crippen molar-refractivity contribution in [2.24, 2.45) is 0 Å². The Morgan fingerprint density at radius 3 is 0.780 bits per heavy atom. The lowest BCUT2D eigenvalue weighted by molar-refractivity contribution is 1.07. The third kappa shape index (κ3) is 18.8. The van der Waals surface area contributed by atoms with Crippen LogP contribution in [0.15, 0.2) is 523 Å². The molecule has 0 unspecified atom stereocenters. The van der Waals surface area contributed by atoms with E-state index in [1.807, 2.05) is 201 Å². The predicted molar refractivity (Wildman–Crippen MR) is 612 cm³/mol. The van der Waals surface area contributed by atoms with Crippen molar-refractivity contribution in [1.82, 2.24) is 69.8 Å². The van der Waals surface area contributed by atoms with Gasteiger partial charge in [0.05, 0.1) is 67.8 Å². The Hall–Kier alpha value is -20.2. The zero-order valence-electron chi connectivity index (χ0n) is 81.3. The van der Waals surface area contributed by atoms with Crippen LogP contribution in [0.4, 0.5) is 0 Å². The lowest BCUT2D eigenvalue weighted by atomic mass is 9.88. The van der Waals surface area contributed by atoms with Crippen LogP contribution >= 0.6 is 0 Å². The Balaban J connectivity index is 0.000000116. The molecule has 27 rings (SSSR count). The monoisotopic (exact) mass is 1920 g/mol. The maximum Gasteiger partial charge on any atom is 0.164 e. The van der Waals surface area contributed by atoms with E-state index in [9.17, 15) is 0 Å². The highest BCUT2D eigenvalue weighted by Gasteiger charge is 2.25. The summed E-state index contributed by atoms with van der Waals surface area (Å²) in [5.41, 5.74) is 36.4. The topological polar surface area (TPSA) is 180 Å². The summed E-state index contributed by atoms with van der Waals surface area (Å²) in [6.07, 6.45) is 21.1. The smallest absolute Gasteiger partial charge is 0.164 e. The standard InChI is InChI=1S/C46H30N4.C45H29N5.C45H31N5/c1-4-11-33(12-5-1)42-30-43(50-46(49-42)36-15-8-3-9-16-36)34-21-19-31(20-22-34)37-23-24-41-40(29-37)44-38(32-25-27-47-28-26-32)17-10-18-39(44)45(48-41)35-13-6-2-7-14-35;1-4-11-32(12-5-1)42-38-18-10-17-37(31-25-27-46-28-26-31)41(38)39-29-36(23-24-40(39)47-42)30-19-21-35(22-20-30)45-49-43(33-13-6-2-7-14-33)48-44(50-45)34-15-8-3-9-16-34;1-2-9-33(10-3-1)45-37-12-8-11-36(32-21-25-46-26-22-32)44(37)38-27-34(19-20-39(38)50-45)30-15-17-31(18-16-30)35-28-42(40-13-4-6-23-47-40)49-43(29-35)41-14-5-7-24-48-41/h1-30H;1-29H;1-15,17,19-29H,16,18H2. The fourth-order valence-corrected chi connectivity index (χ4v) is 20.3. The van der Waals surface area contributed by atoms with E-state index in [0.717, 1.165) is 219 Å². The molecule has 150 heavy (non-hydrogen) atoms. The number of fused-ring (bicyclic) bond motifs is 9. The van der Waals surface area contributed by atoms with Gasteiger partial charge >= 0.3 is 0 Å². The Bertz CT molecular complexity index is 8990. The quantitative estimate of drug-likeness (QED) is 0.0740. The molecule has 0 radical (unpaired) electrons. The van der Waals surface area contributed by atoms with Crippen molar-refractivity contribution >= 4 is 76.2 Å². The van der Waals surface area contributed by atoms with E-state index in [1.54, 1.807) is 0 Å². The number of benzene rings is 15. The van der Waals surface area contributed by atoms with Gasteiger partial charge in [-0.3, -0.25) is 24.9 Å². The lowest BCUT2D eigenvalue weighted by Crippen LogP contribution is -2.00. The summed E-state index contributed by atoms with van der Waals surface area (Å²) in [6.45, 7) is 0. The fourth-order valence-electron chi connectivity index (χ4n) is 20.3. The largest absolute Gasteiger partial charge is 0.265 e. The second-order valence-corrected chi connectivity index (χ2v) is 36.9. The van der Waals surface area contributed by atoms with Crippen molar-refractivity contribution in [3.8, 4) is 180 Å². The molecule has 1 aliphatic carbocycles. The molecule has 1 aliphatic rings. The third-order valence-electron chi connectivity index (χ3n) is 27.7. The number of allylic oxidation sites excluding steroid dienone is 4. The van der Waals surface area contributed by atoms with Gasteiger partial charge in [0.2, 0.25) is 0 Å². The zero-order valence-corrected chi connectivity index (χ0v) is 81.3. The molecule has 0 saturated carbocycles. The van der Waals surface area contributed by atoms with Gasteiger partial charge in [-0.1, -0.05) is 358 Å². The SMILES string of the molecule is C1=C(c2cc(-c3ccccn3)nc(-c3ccccn3)c2)CCC(c2ccc3nc(-c4ccccc4)c4cccc(-c5ccncc5)c4c3c2)=C1.c1ccc(-c2cc(-c3ccc(-c4ccc5nc(-c6ccccc6)c6cccc(-c7ccncc7)c6c5c4)cc3)nc(-c3ccccc3)n2)cc1.c1ccc(-c2nc(-c3ccccc3)nc(-c3ccc(-c4ccc5nc(-c6ccccc6)c6cccc(-c7ccncc7)c6c5c4)cc3)n2)cc1. The molecule has 0 bridgehead atoms. The lowest BCUT2D eigenvalue weighted by Gasteiger charge is -2.18. The van der Waals surface area contributed by atoms with Crippen molar-refractivity contribution < 1.29 is 0 Å². The van der Waals surface area contributed by atoms with Gasteiger partial charge in [0.15, 0.2) is 23.3 Å². The molecule has 0 aliphatic heterocycles. The van der Waals surface area contributed by atoms with E-state index >= 15 is 0 Å². The van der Waals surface area contributed by atoms with Crippen LogP contribution in [0.25, 0.3) is 256 Å². The highest BCUT2D eigenvalue weighted by Crippen LogP contribution is 2.47. The molecule has 26 aromatic rings. The Morgan fingerprint density at radius 1 is 0.147 bits per heavy atom. The number of nitrogens with zero attached hydrogens (tertiary/aromatic N) is 14. The number of hydrogen-bond acceptors (Lipinski definition) is 14. The minimum atomic E-state index is 0.633. The molecule has 14 heteroatoms. The first-order chi connectivity index (χ1) is 74.3. The van der Waals surface area contributed by atoms with Crippen LogP contribution in [0.1, 0.15) is 24.0 Å². The van der Waals surface area contributed by atoms with E-state index < -0.39 is 0 Å². The van der Waals surface area contributed by atoms with Crippen molar-refractivity contribution in [3.05, 3.63) is 534 Å². The highest BCUT2D eigenvalue weighted by molar-refractivity contribution is 6.21. The molecule has 704 valence electrons. The highest BCUT2D eigenvalue weighted by atomic mass is 15.0. The first-order valence-electron chi connectivity index (χ1n) is 50.2. The fraction of sp³-hybridized carbons (Fsp3) is 0.0147. The molecule has 11 heterocycles. The van der Waals surface area contributed by atoms with E-state index in [4.69, 9.17) is 44.9 Å². The number of rotatable bonds is 18. The summed E-state index contributed by atoms with van der Waals surface area (Å²) < 4.78 is 0. The second-order valence-electron chi connectivity index (χ2n) is 36.9. The zero-order chi connectivity index (χ0) is 99.8. The van der Waals surface area contributed by atoms with Crippen LogP contribution in [0, 0.1) is 0 Å². The molecule has 0 saturated heterocycles. The molecule has 0 N–H and O–H groups in total. The van der Waals surface area contributed by atoms with Gasteiger partial charge in [-0.05, 0) is 206 Å². The maximum atomic E-state index is 5.25. The molecule has 11 aromatic heterocycles. The molecule has 14 nitrogen and oxygen atoms in total. The summed E-state index contributed by atoms with van der Waals surface area (Å²) in [5, 5.41) is 10.3. The van der Waals surface area contributed by atoms with Crippen LogP contribution in [0.5, 0.6) is 0 Å². The predicted octanol–water partition coefficient (Wildman–Crippen LogP) is 33.4. The van der Waals surface area contributed by atoms with Gasteiger partial charge in [-0.25, -0.2) is 44.9 Å². The van der Waals surface area contributed by atoms with E-state index in [0.29, 0.717) is 23.3 Å². The summed E-state index contributed by atoms with van der Waals surface area (Å²) in [7, 11) is 0. The Kier molecular flexibility index (Phi) is 25.0. The van der Waals surface area contributed by atoms with Crippen molar-refractivity contribution in [2.45, 2.75) is 12.8 Å². The van der Waals surface area contributed by atoms with Gasteiger partial charge in [0.1, 0.15) is 0 Å². The summed E-state index contributed by atoms with van der Waals surface area (Å²) >= 11 is 0. The molecule has 0 amide bonds. The van der Waals surface area contributed by atoms with Crippen LogP contribution in [-0.4, -0.2) is 69.8 Å². The molecule has 0 spiro atoms. The summed E-state index contributed by atoms with van der Waals surface area (Å²) in [4.78, 5) is 67.4. The van der Waals surface area contributed by atoms with E-state index in [2.05, 4.69) is 346 Å². The molecular formula is C136H90N14. The first-order valence-corrected chi connectivity index (χ1v) is 50.2. The Labute approximate surface area is 866 Å². The average molecular weight is 1920 g/mol. The van der Waals surface area contributed by atoms with Crippen LogP contribution < -0.4 is 0 Å². The van der Waals surface area contributed by atoms with Crippen LogP contribution in [0.2, 0.25) is 0 Å². The number of pyridine rings is 9. The molecule has 15 aromatic carbocycles. The second kappa shape index (κ2) is 41.2. The van der Waals surface area contributed by atoms with Gasteiger partial charge < -0.3 is 0 Å². The van der Waals surface area contributed by atoms with Gasteiger partial charge in [-0.2, -0.15) is 0 Å². The minimum absolute atomic E-state index is 0.633. The molecule has 0 atom stereocenters. The van der Waals surface area contributed by atoms with Gasteiger partial charge in [0.25, 0.3) is 0 Å². The van der Waals surface area contributed by atoms with Crippen molar-refractivity contribution in [2.75, 3.05) is 0 Å². The maximum absolute atomic E-state index is 5.25. The minimum Gasteiger partial charge on any atom is -0.265 e. The van der Waals surface area contributed by atoms with Gasteiger partial charge in [-0.15, -0.1) is 0 Å². The average Bonchev–Trinajstić information content (AvgIpc) is 0.744. The number of hydrogen-bond donors (Lipinski definition) is 0. The molecular weight excluding hydrogens is 1830 g/mol.